The van der Waals surface area contributed by atoms with Crippen molar-refractivity contribution in [2.45, 2.75) is 131 Å². The van der Waals surface area contributed by atoms with Gasteiger partial charge in [0.2, 0.25) is 0 Å². The van der Waals surface area contributed by atoms with Crippen molar-refractivity contribution in [2.24, 2.45) is 0 Å². The van der Waals surface area contributed by atoms with E-state index in [9.17, 15) is 64.5 Å². The zero-order chi connectivity index (χ0) is 70.1. The Morgan fingerprint density at radius 3 is 0.883 bits per heavy atom. The number of hydrogen-bond donors (Lipinski definition) is 7. The standard InChI is InChI=1S/C27H20N2O6.2C27H20N2O5/c1-27-25(34)23(32)24(33)26(35-27)28-13-8-4-2-6-11(13)17-19-15(30)10-16(31)20(19)18-12-7-3-5-9-14(12)29(27)22(18)21(17)28;2*1-27-26(33)18(32)11-19(34-27)28-14-8-4-2-6-12(14)20-22-16(30)10-17(31)23(22)21-13-7-3-5-9-15(13)29(27)25(21)24(20)28/h2-9,23-26,32-34H,10H2,1H3;2*2-9,18-19,26,32-33H,10-11H2,1H3/t23-,24+,25+,26+,27-;18-,19+,26+,27-;18-,19-,26-,27+/m001/s1. The van der Waals surface area contributed by atoms with Gasteiger partial charge in [0.15, 0.2) is 58.1 Å². The number of carbonyl (C=O) groups excluding carboxylic acids is 6. The highest BCUT2D eigenvalue weighted by Gasteiger charge is 2.58. The number of hydrogen-bond acceptors (Lipinski definition) is 16. The van der Waals surface area contributed by atoms with Gasteiger partial charge in [-0.3, -0.25) is 28.8 Å². The normalized spacial score (nSPS) is 28.6. The summed E-state index contributed by atoms with van der Waals surface area (Å²) in [5.41, 5.74) is 7.78. The molecule has 510 valence electrons. The van der Waals surface area contributed by atoms with Gasteiger partial charge in [0.1, 0.15) is 43.0 Å². The van der Waals surface area contributed by atoms with Crippen molar-refractivity contribution >= 4 is 166 Å². The van der Waals surface area contributed by atoms with Crippen LogP contribution in [-0.2, 0) is 31.4 Å². The van der Waals surface area contributed by atoms with Crippen molar-refractivity contribution in [3.63, 3.8) is 0 Å². The van der Waals surface area contributed by atoms with Gasteiger partial charge in [-0.25, -0.2) is 0 Å². The molecule has 3 fully saturated rings. The quantitative estimate of drug-likeness (QED) is 0.0694. The number of ketones is 6. The lowest BCUT2D eigenvalue weighted by Gasteiger charge is -2.47. The number of nitrogens with zero attached hydrogens (tertiary/aromatic N) is 6. The van der Waals surface area contributed by atoms with E-state index >= 15 is 0 Å². The van der Waals surface area contributed by atoms with Crippen LogP contribution in [0.25, 0.3) is 131 Å². The Morgan fingerprint density at radius 2 is 0.563 bits per heavy atom. The van der Waals surface area contributed by atoms with Crippen LogP contribution in [0, 0.1) is 0 Å². The fourth-order valence-corrected chi connectivity index (χ4v) is 20.3. The average molecular weight is 1370 g/mol. The average Bonchev–Trinajstić information content (AvgIpc) is 1.51. The maximum Gasteiger partial charge on any atom is 0.174 e. The first-order chi connectivity index (χ1) is 49.7. The Kier molecular flexibility index (Phi) is 11.4. The summed E-state index contributed by atoms with van der Waals surface area (Å²) in [6.45, 7) is 5.27. The van der Waals surface area contributed by atoms with Gasteiger partial charge in [0.25, 0.3) is 0 Å². The van der Waals surface area contributed by atoms with Crippen LogP contribution in [0.4, 0.5) is 0 Å². The minimum atomic E-state index is -1.49. The second kappa shape index (κ2) is 19.6. The number of carbonyl (C=O) groups is 6. The Hall–Kier alpha value is -10.6. The van der Waals surface area contributed by atoms with E-state index in [-0.39, 0.29) is 66.8 Å². The summed E-state index contributed by atoms with van der Waals surface area (Å²) < 4.78 is 31.5. The Labute approximate surface area is 579 Å². The number of aliphatic hydroxyl groups is 7. The molecule has 0 saturated carbocycles. The maximum atomic E-state index is 13.3. The molecule has 24 rings (SSSR count). The SMILES string of the molecule is C[C@]12O[C@H](C[C@@H](O)[C@H]1O)n1c3ccccc3c3c4c(c5c6ccccc6n2c5c31)C(=O)CC4=O.C[C@]12O[C@H](C[C@H](O)[C@H]1O)n1c3ccccc3c3c4c(c5c6ccccc6n2c5c31)C(=O)CC4=O.C[C@]12O[C@H]([C@H](O)[C@H](O)[C@H]1O)n1c3ccccc3c3c4c(c5c6ccccc6n2c5c31)C(=O)CC4=O. The van der Waals surface area contributed by atoms with Gasteiger partial charge in [-0.1, -0.05) is 109 Å². The third kappa shape index (κ3) is 6.86. The third-order valence-electron chi connectivity index (χ3n) is 24.4. The smallest absolute Gasteiger partial charge is 0.174 e. The minimum Gasteiger partial charge on any atom is -0.390 e. The molecule has 12 heterocycles. The van der Waals surface area contributed by atoms with E-state index in [1.807, 2.05) is 164 Å². The van der Waals surface area contributed by atoms with Gasteiger partial charge < -0.3 is 77.4 Å². The topological polar surface area (TPSA) is 301 Å². The highest BCUT2D eigenvalue weighted by molar-refractivity contribution is 6.44. The maximum absolute atomic E-state index is 13.3. The number of fused-ring (bicyclic) bond motifs is 39. The molecule has 6 aromatic heterocycles. The molecule has 3 saturated heterocycles. The molecule has 6 bridgehead atoms. The van der Waals surface area contributed by atoms with Crippen molar-refractivity contribution in [1.29, 1.82) is 0 Å². The molecule has 22 nitrogen and oxygen atoms in total. The monoisotopic (exact) mass is 1370 g/mol. The molecule has 3 aliphatic carbocycles. The Balaban J connectivity index is 0.0000000974. The number of rotatable bonds is 0. The number of ether oxygens (including phenoxy) is 3. The van der Waals surface area contributed by atoms with E-state index in [1.165, 1.54) is 0 Å². The molecule has 0 radical (unpaired) electrons. The first kappa shape index (κ1) is 60.0. The van der Waals surface area contributed by atoms with Crippen molar-refractivity contribution in [3.8, 4) is 0 Å². The molecule has 9 aromatic carbocycles. The first-order valence-corrected chi connectivity index (χ1v) is 34.7. The van der Waals surface area contributed by atoms with Crippen LogP contribution >= 0.6 is 0 Å². The summed E-state index contributed by atoms with van der Waals surface area (Å²) in [6, 6.07) is 46.0. The number of para-hydroxylation sites is 6. The molecular weight excluding hydrogens is 1310 g/mol. The first-order valence-electron chi connectivity index (χ1n) is 34.7. The van der Waals surface area contributed by atoms with Crippen molar-refractivity contribution in [2.75, 3.05) is 0 Å². The van der Waals surface area contributed by atoms with Crippen LogP contribution in [-0.4, -0.2) is 141 Å². The van der Waals surface area contributed by atoms with E-state index < -0.39 is 78.6 Å². The van der Waals surface area contributed by atoms with Gasteiger partial charge in [0, 0.05) is 111 Å². The molecule has 15 aromatic rings. The molecule has 7 N–H and O–H groups in total. The molecule has 103 heavy (non-hydrogen) atoms. The zero-order valence-corrected chi connectivity index (χ0v) is 55.2. The van der Waals surface area contributed by atoms with Crippen LogP contribution in [0.5, 0.6) is 0 Å². The molecule has 6 aliphatic heterocycles. The fourth-order valence-electron chi connectivity index (χ4n) is 20.3. The fraction of sp³-hybridized carbons (Fsp3) is 0.259. The van der Waals surface area contributed by atoms with Crippen LogP contribution in [0.2, 0.25) is 0 Å². The molecule has 0 spiro atoms. The number of aromatic nitrogens is 6. The summed E-state index contributed by atoms with van der Waals surface area (Å²) in [4.78, 5) is 79.8. The van der Waals surface area contributed by atoms with E-state index in [4.69, 9.17) is 14.2 Å². The number of Topliss-reactive ketones (excluding diaryl/α,β-unsaturated/α-hetero) is 6. The van der Waals surface area contributed by atoms with Crippen LogP contribution < -0.4 is 0 Å². The second-order valence-corrected chi connectivity index (χ2v) is 29.6. The Morgan fingerprint density at radius 1 is 0.311 bits per heavy atom. The molecule has 13 atom stereocenters. The predicted molar refractivity (Wildman–Crippen MR) is 380 cm³/mol. The highest BCUT2D eigenvalue weighted by atomic mass is 16.6. The molecular formula is C81H60N6O16. The van der Waals surface area contributed by atoms with Crippen LogP contribution in [0.1, 0.15) is 134 Å². The van der Waals surface area contributed by atoms with Gasteiger partial charge in [-0.05, 0) is 57.2 Å². The molecule has 22 heteroatoms. The lowest BCUT2D eigenvalue weighted by atomic mass is 9.93. The van der Waals surface area contributed by atoms with Gasteiger partial charge >= 0.3 is 0 Å². The lowest BCUT2D eigenvalue weighted by Crippen LogP contribution is -2.61. The summed E-state index contributed by atoms with van der Waals surface area (Å²) in [7, 11) is 0. The Bertz CT molecular complexity index is 6420. The van der Waals surface area contributed by atoms with Crippen molar-refractivity contribution in [1.82, 2.24) is 27.4 Å². The van der Waals surface area contributed by atoms with Crippen molar-refractivity contribution in [3.05, 3.63) is 179 Å². The summed E-state index contributed by atoms with van der Waals surface area (Å²) in [5, 5.41) is 86.9. The van der Waals surface area contributed by atoms with Gasteiger partial charge in [-0.2, -0.15) is 0 Å². The van der Waals surface area contributed by atoms with Gasteiger partial charge in [-0.15, -0.1) is 0 Å². The third-order valence-corrected chi connectivity index (χ3v) is 24.4. The van der Waals surface area contributed by atoms with Crippen LogP contribution in [0.15, 0.2) is 146 Å². The summed E-state index contributed by atoms with van der Waals surface area (Å²) in [6.07, 6.45) is -11.0. The number of aliphatic hydroxyl groups excluding tert-OH is 7. The highest BCUT2D eigenvalue weighted by Crippen LogP contribution is 2.59. The minimum absolute atomic E-state index is 0.138. The van der Waals surface area contributed by atoms with Crippen molar-refractivity contribution < 1.29 is 78.7 Å². The van der Waals surface area contributed by atoms with E-state index in [0.717, 1.165) is 98.0 Å². The van der Waals surface area contributed by atoms with E-state index in [1.54, 1.807) is 20.8 Å². The van der Waals surface area contributed by atoms with Gasteiger partial charge in [0.05, 0.1) is 97.7 Å². The van der Waals surface area contributed by atoms with Crippen LogP contribution in [0.3, 0.4) is 0 Å². The molecule has 0 amide bonds. The van der Waals surface area contributed by atoms with E-state index in [0.29, 0.717) is 66.2 Å². The number of benzene rings is 9. The zero-order valence-electron chi connectivity index (χ0n) is 55.2. The molecule has 9 aliphatic rings. The largest absolute Gasteiger partial charge is 0.390 e. The predicted octanol–water partition coefficient (Wildman–Crippen LogP) is 11.0. The summed E-state index contributed by atoms with van der Waals surface area (Å²) in [5.74, 6) is -1.15. The second-order valence-electron chi connectivity index (χ2n) is 29.6. The van der Waals surface area contributed by atoms with E-state index in [2.05, 4.69) is 9.13 Å². The lowest BCUT2D eigenvalue weighted by molar-refractivity contribution is -0.309. The molecule has 0 unspecified atom stereocenters. The summed E-state index contributed by atoms with van der Waals surface area (Å²) >= 11 is 0.